The first-order valence-corrected chi connectivity index (χ1v) is 10.7. The maximum atomic E-state index is 12.6. The van der Waals surface area contributed by atoms with Gasteiger partial charge in [-0.3, -0.25) is 4.79 Å². The van der Waals surface area contributed by atoms with Crippen LogP contribution < -0.4 is 10.2 Å². The molecule has 29 heavy (non-hydrogen) atoms. The SMILES string of the molecule is Cc1nc(N2CCC(C(=O)NCc3cccc(Br)c3)CC2)c2c(C)c(C)oc2n1. The van der Waals surface area contributed by atoms with Gasteiger partial charge in [-0.25, -0.2) is 4.98 Å². The van der Waals surface area contributed by atoms with Crippen LogP contribution in [0.1, 0.15) is 35.6 Å². The third-order valence-electron chi connectivity index (χ3n) is 5.64. The summed E-state index contributed by atoms with van der Waals surface area (Å²) < 4.78 is 6.83. The summed E-state index contributed by atoms with van der Waals surface area (Å²) in [7, 11) is 0. The van der Waals surface area contributed by atoms with Crippen molar-refractivity contribution < 1.29 is 9.21 Å². The predicted molar refractivity (Wildman–Crippen MR) is 117 cm³/mol. The average Bonchev–Trinajstić information content (AvgIpc) is 2.99. The van der Waals surface area contributed by atoms with Crippen LogP contribution in [0.15, 0.2) is 33.2 Å². The first-order valence-electron chi connectivity index (χ1n) is 9.94. The fourth-order valence-electron chi connectivity index (χ4n) is 3.89. The van der Waals surface area contributed by atoms with Crippen molar-refractivity contribution >= 4 is 38.8 Å². The van der Waals surface area contributed by atoms with Gasteiger partial charge in [-0.2, -0.15) is 4.98 Å². The molecular weight excluding hydrogens is 432 g/mol. The molecule has 0 spiro atoms. The fraction of sp³-hybridized carbons (Fsp3) is 0.409. The number of aryl methyl sites for hydroxylation is 3. The van der Waals surface area contributed by atoms with Gasteiger partial charge in [-0.05, 0) is 51.3 Å². The van der Waals surface area contributed by atoms with Crippen molar-refractivity contribution in [3.63, 3.8) is 0 Å². The molecule has 0 bridgehead atoms. The number of fused-ring (bicyclic) bond motifs is 1. The zero-order valence-corrected chi connectivity index (χ0v) is 18.5. The van der Waals surface area contributed by atoms with E-state index >= 15 is 0 Å². The monoisotopic (exact) mass is 456 g/mol. The van der Waals surface area contributed by atoms with E-state index in [0.29, 0.717) is 18.1 Å². The van der Waals surface area contributed by atoms with Gasteiger partial charge >= 0.3 is 0 Å². The molecule has 7 heteroatoms. The first kappa shape index (κ1) is 19.9. The molecule has 4 rings (SSSR count). The number of nitrogens with zero attached hydrogens (tertiary/aromatic N) is 3. The van der Waals surface area contributed by atoms with E-state index in [1.165, 1.54) is 0 Å². The number of carbonyl (C=O) groups is 1. The van der Waals surface area contributed by atoms with E-state index in [4.69, 9.17) is 9.40 Å². The molecular formula is C22H25BrN4O2. The lowest BCUT2D eigenvalue weighted by Gasteiger charge is -2.32. The second-order valence-corrected chi connectivity index (χ2v) is 8.58. The van der Waals surface area contributed by atoms with Gasteiger partial charge in [0.05, 0.1) is 5.39 Å². The number of anilines is 1. The predicted octanol–water partition coefficient (Wildman–Crippen LogP) is 4.44. The number of aromatic nitrogens is 2. The third kappa shape index (κ3) is 4.15. The first-order chi connectivity index (χ1) is 13.9. The Labute approximate surface area is 178 Å². The quantitative estimate of drug-likeness (QED) is 0.627. The standard InChI is InChI=1S/C22H25BrN4O2/c1-13-14(2)29-22-19(13)20(25-15(3)26-22)27-9-7-17(8-10-27)21(28)24-12-16-5-4-6-18(23)11-16/h4-6,11,17H,7-10,12H2,1-3H3,(H,24,28). The lowest BCUT2D eigenvalue weighted by Crippen LogP contribution is -2.40. The largest absolute Gasteiger partial charge is 0.443 e. The van der Waals surface area contributed by atoms with E-state index in [2.05, 4.69) is 31.1 Å². The molecule has 152 valence electrons. The van der Waals surface area contributed by atoms with E-state index in [9.17, 15) is 4.79 Å². The molecule has 6 nitrogen and oxygen atoms in total. The third-order valence-corrected chi connectivity index (χ3v) is 6.14. The summed E-state index contributed by atoms with van der Waals surface area (Å²) in [6.07, 6.45) is 1.62. The lowest BCUT2D eigenvalue weighted by atomic mass is 9.95. The molecule has 1 aliphatic heterocycles. The molecule has 2 aromatic heterocycles. The van der Waals surface area contributed by atoms with Gasteiger partial charge in [-0.15, -0.1) is 0 Å². The zero-order valence-electron chi connectivity index (χ0n) is 17.0. The van der Waals surface area contributed by atoms with Crippen molar-refractivity contribution in [2.45, 2.75) is 40.2 Å². The molecule has 1 fully saturated rings. The van der Waals surface area contributed by atoms with Gasteiger partial charge in [0, 0.05) is 35.6 Å². The number of amides is 1. The number of rotatable bonds is 4. The van der Waals surface area contributed by atoms with Crippen LogP contribution in [-0.2, 0) is 11.3 Å². The smallest absolute Gasteiger partial charge is 0.231 e. The Balaban J connectivity index is 1.42. The van der Waals surface area contributed by atoms with Crippen molar-refractivity contribution in [2.75, 3.05) is 18.0 Å². The van der Waals surface area contributed by atoms with Crippen LogP contribution >= 0.6 is 15.9 Å². The van der Waals surface area contributed by atoms with Crippen molar-refractivity contribution in [1.29, 1.82) is 0 Å². The second kappa shape index (κ2) is 8.14. The highest BCUT2D eigenvalue weighted by molar-refractivity contribution is 9.10. The van der Waals surface area contributed by atoms with Gasteiger partial charge in [0.15, 0.2) is 0 Å². The minimum atomic E-state index is 0.0315. The molecule has 1 amide bonds. The van der Waals surface area contributed by atoms with Gasteiger partial charge in [-0.1, -0.05) is 28.1 Å². The molecule has 1 N–H and O–H groups in total. The Kier molecular flexibility index (Phi) is 5.58. The van der Waals surface area contributed by atoms with Crippen LogP contribution in [-0.4, -0.2) is 29.0 Å². The Morgan fingerprint density at radius 1 is 1.24 bits per heavy atom. The summed E-state index contributed by atoms with van der Waals surface area (Å²) >= 11 is 3.47. The number of carbonyl (C=O) groups excluding carboxylic acids is 1. The molecule has 1 aliphatic rings. The minimum Gasteiger partial charge on any atom is -0.443 e. The van der Waals surface area contributed by atoms with Crippen molar-refractivity contribution in [3.8, 4) is 0 Å². The normalized spacial score (nSPS) is 15.1. The summed E-state index contributed by atoms with van der Waals surface area (Å²) in [4.78, 5) is 24.0. The molecule has 1 aromatic carbocycles. The molecule has 0 aliphatic carbocycles. The second-order valence-electron chi connectivity index (χ2n) is 7.67. The van der Waals surface area contributed by atoms with Gasteiger partial charge in [0.25, 0.3) is 0 Å². The molecule has 3 aromatic rings. The number of nitrogens with one attached hydrogen (secondary N) is 1. The number of furan rings is 1. The van der Waals surface area contributed by atoms with Crippen LogP contribution in [0.2, 0.25) is 0 Å². The van der Waals surface area contributed by atoms with E-state index in [1.807, 2.05) is 45.0 Å². The van der Waals surface area contributed by atoms with E-state index in [0.717, 1.165) is 58.5 Å². The number of halogens is 1. The summed E-state index contributed by atoms with van der Waals surface area (Å²) in [5.74, 6) is 2.67. The minimum absolute atomic E-state index is 0.0315. The lowest BCUT2D eigenvalue weighted by molar-refractivity contribution is -0.125. The van der Waals surface area contributed by atoms with E-state index < -0.39 is 0 Å². The van der Waals surface area contributed by atoms with Crippen molar-refractivity contribution in [3.05, 3.63) is 51.4 Å². The number of benzene rings is 1. The maximum Gasteiger partial charge on any atom is 0.231 e. The Hall–Kier alpha value is -2.41. The summed E-state index contributed by atoms with van der Waals surface area (Å²) in [5, 5.41) is 4.07. The highest BCUT2D eigenvalue weighted by atomic mass is 79.9. The van der Waals surface area contributed by atoms with Gasteiger partial charge in [0.1, 0.15) is 17.4 Å². The van der Waals surface area contributed by atoms with E-state index in [-0.39, 0.29) is 11.8 Å². The summed E-state index contributed by atoms with van der Waals surface area (Å²) in [6, 6.07) is 8.01. The highest BCUT2D eigenvalue weighted by Gasteiger charge is 2.28. The molecule has 3 heterocycles. The van der Waals surface area contributed by atoms with Crippen LogP contribution in [0.25, 0.3) is 11.1 Å². The maximum absolute atomic E-state index is 12.6. The molecule has 0 atom stereocenters. The van der Waals surface area contributed by atoms with Crippen molar-refractivity contribution in [1.82, 2.24) is 15.3 Å². The molecule has 1 saturated heterocycles. The van der Waals surface area contributed by atoms with Gasteiger partial charge < -0.3 is 14.6 Å². The number of hydrogen-bond donors (Lipinski definition) is 1. The van der Waals surface area contributed by atoms with Crippen molar-refractivity contribution in [2.24, 2.45) is 5.92 Å². The number of hydrogen-bond acceptors (Lipinski definition) is 5. The number of piperidine rings is 1. The van der Waals surface area contributed by atoms with E-state index in [1.54, 1.807) is 0 Å². The molecule has 0 unspecified atom stereocenters. The molecule has 0 saturated carbocycles. The molecule has 0 radical (unpaired) electrons. The topological polar surface area (TPSA) is 71.3 Å². The average molecular weight is 457 g/mol. The fourth-order valence-corrected chi connectivity index (χ4v) is 4.34. The highest BCUT2D eigenvalue weighted by Crippen LogP contribution is 2.33. The Morgan fingerprint density at radius 2 is 2.00 bits per heavy atom. The zero-order chi connectivity index (χ0) is 20.5. The van der Waals surface area contributed by atoms with Gasteiger partial charge in [0.2, 0.25) is 11.6 Å². The van der Waals surface area contributed by atoms with Crippen LogP contribution in [0.5, 0.6) is 0 Å². The Morgan fingerprint density at radius 3 is 2.72 bits per heavy atom. The summed E-state index contributed by atoms with van der Waals surface area (Å²) in [6.45, 7) is 8.04. The van der Waals surface area contributed by atoms with Crippen LogP contribution in [0.3, 0.4) is 0 Å². The summed E-state index contributed by atoms with van der Waals surface area (Å²) in [5.41, 5.74) is 2.83. The van der Waals surface area contributed by atoms with Crippen LogP contribution in [0, 0.1) is 26.7 Å². The Bertz CT molecular complexity index is 1050. The van der Waals surface area contributed by atoms with Crippen LogP contribution in [0.4, 0.5) is 5.82 Å².